The number of methoxy groups -OCH3 is 2. The lowest BCUT2D eigenvalue weighted by Crippen LogP contribution is -2.52. The molecule has 9 heteroatoms. The number of rotatable bonds is 10. The highest BCUT2D eigenvalue weighted by Crippen LogP contribution is 2.21. The van der Waals surface area contributed by atoms with E-state index in [-0.39, 0.29) is 22.8 Å². The predicted octanol–water partition coefficient (Wildman–Crippen LogP) is 1.18. The average molecular weight is 395 g/mol. The van der Waals surface area contributed by atoms with Crippen LogP contribution in [0.15, 0.2) is 29.2 Å². The lowest BCUT2D eigenvalue weighted by atomic mass is 9.99. The van der Waals surface area contributed by atoms with Gasteiger partial charge in [-0.3, -0.25) is 0 Å². The summed E-state index contributed by atoms with van der Waals surface area (Å²) in [6.07, 6.45) is 1.90. The minimum atomic E-state index is -3.57. The lowest BCUT2D eigenvalue weighted by molar-refractivity contribution is 0.122. The van der Waals surface area contributed by atoms with Gasteiger partial charge in [-0.2, -0.15) is 0 Å². The molecule has 2 N–H and O–H groups in total. The Balaban J connectivity index is 0.00000312. The van der Waals surface area contributed by atoms with Gasteiger partial charge in [0.2, 0.25) is 10.0 Å². The second-order valence-electron chi connectivity index (χ2n) is 5.88. The van der Waals surface area contributed by atoms with Crippen molar-refractivity contribution in [2.24, 2.45) is 0 Å². The van der Waals surface area contributed by atoms with Gasteiger partial charge in [-0.15, -0.1) is 12.4 Å². The Morgan fingerprint density at radius 2 is 1.88 bits per heavy atom. The number of hydrogen-bond acceptors (Lipinski definition) is 6. The van der Waals surface area contributed by atoms with Crippen molar-refractivity contribution in [3.63, 3.8) is 0 Å². The molecule has 25 heavy (non-hydrogen) atoms. The largest absolute Gasteiger partial charge is 0.491 e. The highest BCUT2D eigenvalue weighted by Gasteiger charge is 2.34. The number of hydrogen-bond donors (Lipinski definition) is 2. The summed E-state index contributed by atoms with van der Waals surface area (Å²) >= 11 is 0. The fourth-order valence-corrected chi connectivity index (χ4v) is 3.87. The smallest absolute Gasteiger partial charge is 0.240 e. The van der Waals surface area contributed by atoms with E-state index in [2.05, 4.69) is 10.0 Å². The van der Waals surface area contributed by atoms with Crippen molar-refractivity contribution in [2.45, 2.75) is 23.3 Å². The van der Waals surface area contributed by atoms with Crippen molar-refractivity contribution >= 4 is 22.4 Å². The summed E-state index contributed by atoms with van der Waals surface area (Å²) < 4.78 is 43.2. The van der Waals surface area contributed by atoms with Gasteiger partial charge >= 0.3 is 0 Å². The topological polar surface area (TPSA) is 85.9 Å². The maximum absolute atomic E-state index is 12.5. The zero-order valence-corrected chi connectivity index (χ0v) is 16.2. The fourth-order valence-electron chi connectivity index (χ4n) is 2.74. The molecule has 0 radical (unpaired) electrons. The molecule has 1 unspecified atom stereocenters. The molecular weight excluding hydrogens is 368 g/mol. The summed E-state index contributed by atoms with van der Waals surface area (Å²) in [6.45, 7) is 2.55. The first-order valence-electron chi connectivity index (χ1n) is 7.97. The Hall–Kier alpha value is -0.900. The zero-order chi connectivity index (χ0) is 17.5. The van der Waals surface area contributed by atoms with E-state index in [1.54, 1.807) is 26.4 Å². The van der Waals surface area contributed by atoms with Gasteiger partial charge in [0.25, 0.3) is 0 Å². The van der Waals surface area contributed by atoms with Crippen molar-refractivity contribution in [1.82, 2.24) is 10.0 Å². The minimum absolute atomic E-state index is 0. The van der Waals surface area contributed by atoms with Gasteiger partial charge in [0, 0.05) is 20.8 Å². The molecule has 0 saturated carbocycles. The van der Waals surface area contributed by atoms with Crippen LogP contribution in [-0.4, -0.2) is 61.1 Å². The second kappa shape index (κ2) is 10.3. The van der Waals surface area contributed by atoms with Crippen LogP contribution >= 0.6 is 12.4 Å². The minimum Gasteiger partial charge on any atom is -0.491 e. The molecule has 2 rings (SSSR count). The molecule has 1 aliphatic heterocycles. The Kier molecular flexibility index (Phi) is 9.12. The molecule has 7 nitrogen and oxygen atoms in total. The molecule has 0 spiro atoms. The molecular formula is C16H27ClN2O5S. The third-order valence-electron chi connectivity index (χ3n) is 4.04. The van der Waals surface area contributed by atoms with Crippen LogP contribution in [0.3, 0.4) is 0 Å². The standard InChI is InChI=1S/C16H26N2O5S.ClH/c1-21-10-11-23-14-4-6-15(7-5-14)24(19,20)18-12-16(13-22-2)8-3-9-17-16;/h4-7,17-18H,3,8-13H2,1-2H3;1H. The molecule has 0 bridgehead atoms. The normalized spacial score (nSPS) is 20.2. The summed E-state index contributed by atoms with van der Waals surface area (Å²) in [6, 6.07) is 6.36. The van der Waals surface area contributed by atoms with E-state index in [9.17, 15) is 8.42 Å². The highest BCUT2D eigenvalue weighted by molar-refractivity contribution is 7.89. The summed E-state index contributed by atoms with van der Waals surface area (Å²) in [5.41, 5.74) is -0.328. The van der Waals surface area contributed by atoms with E-state index in [1.165, 1.54) is 12.1 Å². The molecule has 1 fully saturated rings. The van der Waals surface area contributed by atoms with Crippen molar-refractivity contribution < 1.29 is 22.6 Å². The van der Waals surface area contributed by atoms with Crippen molar-refractivity contribution in [1.29, 1.82) is 0 Å². The molecule has 1 aromatic carbocycles. The summed E-state index contributed by atoms with van der Waals surface area (Å²) in [7, 11) is -0.351. The van der Waals surface area contributed by atoms with Crippen molar-refractivity contribution in [3.8, 4) is 5.75 Å². The SMILES string of the molecule is COCCOc1ccc(S(=O)(=O)NCC2(COC)CCCN2)cc1.Cl. The van der Waals surface area contributed by atoms with Gasteiger partial charge in [0.15, 0.2) is 0 Å². The van der Waals surface area contributed by atoms with Gasteiger partial charge < -0.3 is 19.5 Å². The van der Waals surface area contributed by atoms with E-state index in [0.717, 1.165) is 19.4 Å². The predicted molar refractivity (Wildman–Crippen MR) is 98.1 cm³/mol. The van der Waals surface area contributed by atoms with Crippen LogP contribution in [0.25, 0.3) is 0 Å². The second-order valence-corrected chi connectivity index (χ2v) is 7.65. The zero-order valence-electron chi connectivity index (χ0n) is 14.6. The van der Waals surface area contributed by atoms with Gasteiger partial charge in [-0.1, -0.05) is 0 Å². The van der Waals surface area contributed by atoms with Gasteiger partial charge in [-0.05, 0) is 43.7 Å². The maximum Gasteiger partial charge on any atom is 0.240 e. The van der Waals surface area contributed by atoms with Crippen LogP contribution in [0.5, 0.6) is 5.75 Å². The summed E-state index contributed by atoms with van der Waals surface area (Å²) in [4.78, 5) is 0.215. The number of nitrogens with one attached hydrogen (secondary N) is 2. The Morgan fingerprint density at radius 3 is 2.44 bits per heavy atom. The third-order valence-corrected chi connectivity index (χ3v) is 5.46. The number of ether oxygens (including phenoxy) is 3. The van der Waals surface area contributed by atoms with E-state index < -0.39 is 10.0 Å². The van der Waals surface area contributed by atoms with Gasteiger partial charge in [0.05, 0.1) is 23.6 Å². The fraction of sp³-hybridized carbons (Fsp3) is 0.625. The number of sulfonamides is 1. The van der Waals surface area contributed by atoms with Crippen molar-refractivity contribution in [2.75, 3.05) is 47.1 Å². The molecule has 1 heterocycles. The summed E-state index contributed by atoms with van der Waals surface area (Å²) in [5.74, 6) is 0.610. The molecule has 144 valence electrons. The Bertz CT molecular complexity index is 603. The Labute approximate surface area is 155 Å². The first-order chi connectivity index (χ1) is 11.5. The van der Waals surface area contributed by atoms with Crippen LogP contribution in [0.1, 0.15) is 12.8 Å². The molecule has 0 aliphatic carbocycles. The van der Waals surface area contributed by atoms with Crippen LogP contribution in [0.2, 0.25) is 0 Å². The van der Waals surface area contributed by atoms with Crippen LogP contribution < -0.4 is 14.8 Å². The molecule has 1 atom stereocenters. The highest BCUT2D eigenvalue weighted by atomic mass is 35.5. The molecule has 1 saturated heterocycles. The Morgan fingerprint density at radius 1 is 1.16 bits per heavy atom. The average Bonchev–Trinajstić information content (AvgIpc) is 3.03. The lowest BCUT2D eigenvalue weighted by Gasteiger charge is -2.28. The van der Waals surface area contributed by atoms with Crippen molar-refractivity contribution in [3.05, 3.63) is 24.3 Å². The first-order valence-corrected chi connectivity index (χ1v) is 9.45. The van der Waals surface area contributed by atoms with Crippen LogP contribution in [0.4, 0.5) is 0 Å². The van der Waals surface area contributed by atoms with Gasteiger partial charge in [-0.25, -0.2) is 13.1 Å². The third kappa shape index (κ3) is 6.40. The molecule has 1 aromatic rings. The quantitative estimate of drug-likeness (QED) is 0.579. The monoisotopic (exact) mass is 394 g/mol. The number of halogens is 1. The van der Waals surface area contributed by atoms with E-state index in [1.807, 2.05) is 0 Å². The molecule has 0 aromatic heterocycles. The van der Waals surface area contributed by atoms with Crippen LogP contribution in [-0.2, 0) is 19.5 Å². The number of benzene rings is 1. The first kappa shape index (κ1) is 22.1. The molecule has 0 amide bonds. The summed E-state index contributed by atoms with van der Waals surface area (Å²) in [5, 5.41) is 3.35. The van der Waals surface area contributed by atoms with Crippen LogP contribution in [0, 0.1) is 0 Å². The maximum atomic E-state index is 12.5. The van der Waals surface area contributed by atoms with Gasteiger partial charge in [0.1, 0.15) is 12.4 Å². The molecule has 1 aliphatic rings. The van der Waals surface area contributed by atoms with E-state index in [0.29, 0.717) is 32.1 Å². The van der Waals surface area contributed by atoms with E-state index >= 15 is 0 Å². The van der Waals surface area contributed by atoms with E-state index in [4.69, 9.17) is 14.2 Å².